The van der Waals surface area contributed by atoms with E-state index in [-0.39, 0.29) is 5.91 Å². The van der Waals surface area contributed by atoms with Gasteiger partial charge in [-0.05, 0) is 24.3 Å². The fourth-order valence-corrected chi connectivity index (χ4v) is 1.87. The lowest BCUT2D eigenvalue weighted by Gasteiger charge is -2.10. The van der Waals surface area contributed by atoms with E-state index >= 15 is 0 Å². The summed E-state index contributed by atoms with van der Waals surface area (Å²) in [5, 5.41) is 2.83. The standard InChI is InChI=1S/C15H17N3O2/c1-20-13-7-4-6-12(14(13)16)15(19)18-10-8-11-5-2-3-9-17-11/h2-7,9H,8,10,16H2,1H3,(H,18,19). The molecule has 1 heterocycles. The molecule has 0 bridgehead atoms. The molecule has 5 nitrogen and oxygen atoms in total. The first-order chi connectivity index (χ1) is 9.72. The van der Waals surface area contributed by atoms with Crippen molar-refractivity contribution in [1.29, 1.82) is 0 Å². The number of anilines is 1. The van der Waals surface area contributed by atoms with Gasteiger partial charge in [0, 0.05) is 24.9 Å². The van der Waals surface area contributed by atoms with Crippen LogP contribution >= 0.6 is 0 Å². The van der Waals surface area contributed by atoms with Gasteiger partial charge in [0.15, 0.2) is 0 Å². The van der Waals surface area contributed by atoms with Crippen molar-refractivity contribution in [2.45, 2.75) is 6.42 Å². The lowest BCUT2D eigenvalue weighted by molar-refractivity contribution is 0.0954. The van der Waals surface area contributed by atoms with Gasteiger partial charge in [-0.1, -0.05) is 12.1 Å². The van der Waals surface area contributed by atoms with Crippen molar-refractivity contribution in [2.24, 2.45) is 0 Å². The Balaban J connectivity index is 1.95. The van der Waals surface area contributed by atoms with E-state index < -0.39 is 0 Å². The van der Waals surface area contributed by atoms with Crippen molar-refractivity contribution in [1.82, 2.24) is 10.3 Å². The van der Waals surface area contributed by atoms with Crippen molar-refractivity contribution < 1.29 is 9.53 Å². The Morgan fingerprint density at radius 1 is 1.30 bits per heavy atom. The Morgan fingerprint density at radius 2 is 2.15 bits per heavy atom. The van der Waals surface area contributed by atoms with Gasteiger partial charge in [0.1, 0.15) is 5.75 Å². The van der Waals surface area contributed by atoms with Gasteiger partial charge in [-0.15, -0.1) is 0 Å². The Kier molecular flexibility index (Phi) is 4.55. The summed E-state index contributed by atoms with van der Waals surface area (Å²) in [5.41, 5.74) is 7.59. The fourth-order valence-electron chi connectivity index (χ4n) is 1.87. The van der Waals surface area contributed by atoms with Gasteiger partial charge in [0.05, 0.1) is 18.4 Å². The van der Waals surface area contributed by atoms with Gasteiger partial charge >= 0.3 is 0 Å². The molecule has 0 atom stereocenters. The number of amides is 1. The summed E-state index contributed by atoms with van der Waals surface area (Å²) in [6.07, 6.45) is 2.41. The Bertz CT molecular complexity index is 585. The van der Waals surface area contributed by atoms with E-state index in [2.05, 4.69) is 10.3 Å². The number of methoxy groups -OCH3 is 1. The smallest absolute Gasteiger partial charge is 0.253 e. The molecule has 1 aromatic carbocycles. The van der Waals surface area contributed by atoms with Gasteiger partial charge in [0.2, 0.25) is 0 Å². The van der Waals surface area contributed by atoms with Crippen LogP contribution in [0.4, 0.5) is 5.69 Å². The molecule has 0 unspecified atom stereocenters. The molecule has 0 aliphatic carbocycles. The highest BCUT2D eigenvalue weighted by atomic mass is 16.5. The summed E-state index contributed by atoms with van der Waals surface area (Å²) in [6, 6.07) is 10.8. The summed E-state index contributed by atoms with van der Waals surface area (Å²) in [5.74, 6) is 0.291. The molecule has 0 aliphatic rings. The lowest BCUT2D eigenvalue weighted by atomic mass is 10.1. The molecule has 2 aromatic rings. The molecule has 20 heavy (non-hydrogen) atoms. The van der Waals surface area contributed by atoms with Gasteiger partial charge < -0.3 is 15.8 Å². The molecular formula is C15H17N3O2. The van der Waals surface area contributed by atoms with Crippen LogP contribution in [0.25, 0.3) is 0 Å². The van der Waals surface area contributed by atoms with Crippen LogP contribution in [0, 0.1) is 0 Å². The monoisotopic (exact) mass is 271 g/mol. The van der Waals surface area contributed by atoms with Crippen LogP contribution in [0.5, 0.6) is 5.75 Å². The first-order valence-electron chi connectivity index (χ1n) is 6.33. The molecule has 0 saturated heterocycles. The number of nitrogens with zero attached hydrogens (tertiary/aromatic N) is 1. The zero-order valence-electron chi connectivity index (χ0n) is 11.3. The molecule has 104 valence electrons. The minimum atomic E-state index is -0.211. The number of rotatable bonds is 5. The Morgan fingerprint density at radius 3 is 2.85 bits per heavy atom. The number of pyridine rings is 1. The number of para-hydroxylation sites is 1. The van der Waals surface area contributed by atoms with Crippen molar-refractivity contribution in [3.8, 4) is 5.75 Å². The molecule has 3 N–H and O–H groups in total. The van der Waals surface area contributed by atoms with Crippen LogP contribution in [0.3, 0.4) is 0 Å². The maximum atomic E-state index is 12.1. The Labute approximate surface area is 117 Å². The summed E-state index contributed by atoms with van der Waals surface area (Å²) < 4.78 is 5.09. The first-order valence-corrected chi connectivity index (χ1v) is 6.33. The molecule has 2 rings (SSSR count). The quantitative estimate of drug-likeness (QED) is 0.810. The largest absolute Gasteiger partial charge is 0.495 e. The van der Waals surface area contributed by atoms with Crippen LogP contribution < -0.4 is 15.8 Å². The van der Waals surface area contributed by atoms with E-state index in [9.17, 15) is 4.79 Å². The summed E-state index contributed by atoms with van der Waals surface area (Å²) in [6.45, 7) is 0.506. The van der Waals surface area contributed by atoms with Gasteiger partial charge in [0.25, 0.3) is 5.91 Å². The van der Waals surface area contributed by atoms with E-state index in [1.165, 1.54) is 7.11 Å². The highest BCUT2D eigenvalue weighted by molar-refractivity contribution is 6.00. The van der Waals surface area contributed by atoms with E-state index in [0.29, 0.717) is 30.0 Å². The second kappa shape index (κ2) is 6.56. The van der Waals surface area contributed by atoms with Crippen molar-refractivity contribution >= 4 is 11.6 Å². The number of carbonyl (C=O) groups excluding carboxylic acids is 1. The molecule has 0 aliphatic heterocycles. The predicted octanol–water partition coefficient (Wildman–Crippen LogP) is 1.64. The molecule has 0 saturated carbocycles. The average molecular weight is 271 g/mol. The van der Waals surface area contributed by atoms with Crippen molar-refractivity contribution in [2.75, 3.05) is 19.4 Å². The van der Waals surface area contributed by atoms with Crippen LogP contribution in [0.1, 0.15) is 16.1 Å². The predicted molar refractivity (Wildman–Crippen MR) is 77.7 cm³/mol. The zero-order valence-corrected chi connectivity index (χ0v) is 11.3. The second-order valence-corrected chi connectivity index (χ2v) is 4.25. The van der Waals surface area contributed by atoms with E-state index in [0.717, 1.165) is 5.69 Å². The number of carbonyl (C=O) groups is 1. The van der Waals surface area contributed by atoms with Crippen LogP contribution in [-0.4, -0.2) is 24.5 Å². The van der Waals surface area contributed by atoms with Crippen LogP contribution in [0.15, 0.2) is 42.6 Å². The number of ether oxygens (including phenoxy) is 1. The van der Waals surface area contributed by atoms with Gasteiger partial charge in [-0.2, -0.15) is 0 Å². The number of hydrogen-bond donors (Lipinski definition) is 2. The highest BCUT2D eigenvalue weighted by Crippen LogP contribution is 2.24. The maximum absolute atomic E-state index is 12.1. The maximum Gasteiger partial charge on any atom is 0.253 e. The fraction of sp³-hybridized carbons (Fsp3) is 0.200. The molecule has 0 radical (unpaired) electrons. The number of nitrogens with two attached hydrogens (primary N) is 1. The normalized spacial score (nSPS) is 10.1. The van der Waals surface area contributed by atoms with Crippen LogP contribution in [0.2, 0.25) is 0 Å². The SMILES string of the molecule is COc1cccc(C(=O)NCCc2ccccn2)c1N. The van der Waals surface area contributed by atoms with Gasteiger partial charge in [-0.3, -0.25) is 9.78 Å². The molecule has 5 heteroatoms. The van der Waals surface area contributed by atoms with E-state index in [1.54, 1.807) is 24.4 Å². The second-order valence-electron chi connectivity index (χ2n) is 4.25. The first kappa shape index (κ1) is 13.9. The zero-order chi connectivity index (χ0) is 14.4. The molecule has 1 amide bonds. The minimum Gasteiger partial charge on any atom is -0.495 e. The summed E-state index contributed by atoms with van der Waals surface area (Å²) >= 11 is 0. The number of nitrogen functional groups attached to an aromatic ring is 1. The summed E-state index contributed by atoms with van der Waals surface area (Å²) in [4.78, 5) is 16.3. The van der Waals surface area contributed by atoms with E-state index in [1.807, 2.05) is 18.2 Å². The van der Waals surface area contributed by atoms with Crippen molar-refractivity contribution in [3.63, 3.8) is 0 Å². The van der Waals surface area contributed by atoms with E-state index in [4.69, 9.17) is 10.5 Å². The minimum absolute atomic E-state index is 0.211. The average Bonchev–Trinajstić information content (AvgIpc) is 2.48. The molecule has 1 aromatic heterocycles. The summed E-state index contributed by atoms with van der Waals surface area (Å²) in [7, 11) is 1.52. The third-order valence-corrected chi connectivity index (χ3v) is 2.92. The third kappa shape index (κ3) is 3.26. The molecule has 0 fully saturated rings. The number of aromatic nitrogens is 1. The molecule has 0 spiro atoms. The van der Waals surface area contributed by atoms with Crippen molar-refractivity contribution in [3.05, 3.63) is 53.9 Å². The number of benzene rings is 1. The topological polar surface area (TPSA) is 77.2 Å². The van der Waals surface area contributed by atoms with Gasteiger partial charge in [-0.25, -0.2) is 0 Å². The number of nitrogens with one attached hydrogen (secondary N) is 1. The number of hydrogen-bond acceptors (Lipinski definition) is 4. The third-order valence-electron chi connectivity index (χ3n) is 2.92. The van der Waals surface area contributed by atoms with Crippen LogP contribution in [-0.2, 0) is 6.42 Å². The highest BCUT2D eigenvalue weighted by Gasteiger charge is 2.12. The lowest BCUT2D eigenvalue weighted by Crippen LogP contribution is -2.26. The molecular weight excluding hydrogens is 254 g/mol. The Hall–Kier alpha value is -2.56.